The van der Waals surface area contributed by atoms with Crippen LogP contribution in [0.3, 0.4) is 0 Å². The van der Waals surface area contributed by atoms with E-state index in [1.54, 1.807) is 12.1 Å². The molecule has 0 bridgehead atoms. The number of benzene rings is 1. The van der Waals surface area contributed by atoms with E-state index in [1.165, 1.54) is 0 Å². The number of hydrogen-bond donors (Lipinski definition) is 2. The van der Waals surface area contributed by atoms with E-state index in [0.717, 1.165) is 10.5 Å². The maximum Gasteiger partial charge on any atom is 0.325 e. The summed E-state index contributed by atoms with van der Waals surface area (Å²) >= 11 is 0. The SMILES string of the molecule is CCC1(c2ccccc2)NC(=O)N(CCC(N)=O)C1=O. The van der Waals surface area contributed by atoms with Crippen LogP contribution in [0.4, 0.5) is 4.79 Å². The van der Waals surface area contributed by atoms with E-state index in [2.05, 4.69) is 5.32 Å². The smallest absolute Gasteiger partial charge is 0.325 e. The van der Waals surface area contributed by atoms with E-state index >= 15 is 0 Å². The van der Waals surface area contributed by atoms with Gasteiger partial charge in [0.15, 0.2) is 0 Å². The minimum absolute atomic E-state index is 0.00852. The van der Waals surface area contributed by atoms with Gasteiger partial charge in [-0.25, -0.2) is 4.79 Å². The molecule has 1 saturated heterocycles. The molecule has 0 aromatic heterocycles. The van der Waals surface area contributed by atoms with Gasteiger partial charge in [-0.2, -0.15) is 0 Å². The van der Waals surface area contributed by atoms with Crippen LogP contribution in [0.1, 0.15) is 25.3 Å². The summed E-state index contributed by atoms with van der Waals surface area (Å²) in [5.74, 6) is -0.878. The van der Waals surface area contributed by atoms with Crippen LogP contribution in [0.2, 0.25) is 0 Å². The van der Waals surface area contributed by atoms with Crippen LogP contribution >= 0.6 is 0 Å². The van der Waals surface area contributed by atoms with Crippen molar-refractivity contribution in [1.82, 2.24) is 10.2 Å². The third kappa shape index (κ3) is 2.24. The number of nitrogens with two attached hydrogens (primary N) is 1. The van der Waals surface area contributed by atoms with Crippen LogP contribution in [0.25, 0.3) is 0 Å². The molecule has 1 aliphatic rings. The monoisotopic (exact) mass is 275 g/mol. The normalized spacial score (nSPS) is 21.9. The Kier molecular flexibility index (Phi) is 3.74. The first-order valence-corrected chi connectivity index (χ1v) is 6.49. The predicted octanol–water partition coefficient (Wildman–Crippen LogP) is 0.719. The third-order valence-electron chi connectivity index (χ3n) is 3.55. The first-order valence-electron chi connectivity index (χ1n) is 6.49. The van der Waals surface area contributed by atoms with Crippen LogP contribution in [-0.2, 0) is 15.1 Å². The molecule has 0 aliphatic carbocycles. The van der Waals surface area contributed by atoms with E-state index in [1.807, 2.05) is 25.1 Å². The number of carbonyl (C=O) groups excluding carboxylic acids is 3. The van der Waals surface area contributed by atoms with Gasteiger partial charge < -0.3 is 11.1 Å². The molecule has 3 N–H and O–H groups in total. The zero-order valence-electron chi connectivity index (χ0n) is 11.3. The summed E-state index contributed by atoms with van der Waals surface area (Å²) in [7, 11) is 0. The minimum Gasteiger partial charge on any atom is -0.370 e. The Bertz CT molecular complexity index is 544. The van der Waals surface area contributed by atoms with Crippen molar-refractivity contribution in [3.05, 3.63) is 35.9 Å². The molecule has 20 heavy (non-hydrogen) atoms. The molecule has 0 saturated carbocycles. The van der Waals surface area contributed by atoms with Crippen molar-refractivity contribution in [3.8, 4) is 0 Å². The molecule has 1 aromatic rings. The second-order valence-corrected chi connectivity index (χ2v) is 4.73. The van der Waals surface area contributed by atoms with Gasteiger partial charge >= 0.3 is 6.03 Å². The Hall–Kier alpha value is -2.37. The van der Waals surface area contributed by atoms with E-state index in [9.17, 15) is 14.4 Å². The summed E-state index contributed by atoms with van der Waals surface area (Å²) in [6.45, 7) is 1.84. The maximum atomic E-state index is 12.6. The van der Waals surface area contributed by atoms with Crippen molar-refractivity contribution in [2.45, 2.75) is 25.3 Å². The zero-order valence-corrected chi connectivity index (χ0v) is 11.3. The van der Waals surface area contributed by atoms with Gasteiger partial charge in [-0.15, -0.1) is 0 Å². The molecule has 1 atom stereocenters. The topological polar surface area (TPSA) is 92.5 Å². The lowest BCUT2D eigenvalue weighted by Crippen LogP contribution is -2.43. The van der Waals surface area contributed by atoms with Crippen molar-refractivity contribution < 1.29 is 14.4 Å². The molecular weight excluding hydrogens is 258 g/mol. The number of nitrogens with zero attached hydrogens (tertiary/aromatic N) is 1. The largest absolute Gasteiger partial charge is 0.370 e. The number of carbonyl (C=O) groups is 3. The van der Waals surface area contributed by atoms with E-state index in [4.69, 9.17) is 5.73 Å². The molecule has 1 heterocycles. The molecule has 6 nitrogen and oxygen atoms in total. The van der Waals surface area contributed by atoms with Crippen LogP contribution in [-0.4, -0.2) is 29.3 Å². The first-order chi connectivity index (χ1) is 9.51. The Balaban J connectivity index is 2.31. The van der Waals surface area contributed by atoms with Crippen molar-refractivity contribution in [1.29, 1.82) is 0 Å². The summed E-state index contributed by atoms with van der Waals surface area (Å²) in [5.41, 5.74) is 4.76. The molecule has 1 aliphatic heterocycles. The van der Waals surface area contributed by atoms with Crippen molar-refractivity contribution in [2.24, 2.45) is 5.73 Å². The van der Waals surface area contributed by atoms with Gasteiger partial charge in [-0.1, -0.05) is 37.3 Å². The first kappa shape index (κ1) is 14.0. The number of hydrogen-bond acceptors (Lipinski definition) is 3. The summed E-state index contributed by atoms with van der Waals surface area (Å²) in [6, 6.07) is 8.61. The molecule has 0 radical (unpaired) electrons. The zero-order chi connectivity index (χ0) is 14.8. The number of imide groups is 1. The molecule has 2 rings (SSSR count). The highest BCUT2D eigenvalue weighted by atomic mass is 16.2. The van der Waals surface area contributed by atoms with Gasteiger partial charge in [0, 0.05) is 13.0 Å². The van der Waals surface area contributed by atoms with Gasteiger partial charge in [0.25, 0.3) is 5.91 Å². The number of urea groups is 1. The fourth-order valence-electron chi connectivity index (χ4n) is 2.41. The molecule has 4 amide bonds. The summed E-state index contributed by atoms with van der Waals surface area (Å²) in [5, 5.41) is 2.74. The van der Waals surface area contributed by atoms with E-state index < -0.39 is 17.5 Å². The molecule has 0 spiro atoms. The quantitative estimate of drug-likeness (QED) is 0.775. The number of nitrogens with one attached hydrogen (secondary N) is 1. The van der Waals surface area contributed by atoms with Crippen molar-refractivity contribution >= 4 is 17.8 Å². The van der Waals surface area contributed by atoms with Crippen LogP contribution < -0.4 is 11.1 Å². The summed E-state index contributed by atoms with van der Waals surface area (Å²) < 4.78 is 0. The number of primary amides is 1. The molecule has 1 fully saturated rings. The highest BCUT2D eigenvalue weighted by Crippen LogP contribution is 2.32. The maximum absolute atomic E-state index is 12.6. The van der Waals surface area contributed by atoms with Gasteiger partial charge in [-0.05, 0) is 12.0 Å². The van der Waals surface area contributed by atoms with Gasteiger partial charge in [-0.3, -0.25) is 14.5 Å². The second kappa shape index (κ2) is 5.32. The van der Waals surface area contributed by atoms with Crippen molar-refractivity contribution in [2.75, 3.05) is 6.54 Å². The van der Waals surface area contributed by atoms with E-state index in [-0.39, 0.29) is 18.9 Å². The number of rotatable bonds is 5. The lowest BCUT2D eigenvalue weighted by molar-refractivity contribution is -0.132. The highest BCUT2D eigenvalue weighted by Gasteiger charge is 2.50. The Morgan fingerprint density at radius 3 is 2.50 bits per heavy atom. The summed E-state index contributed by atoms with van der Waals surface area (Å²) in [4.78, 5) is 36.4. The molecule has 106 valence electrons. The lowest BCUT2D eigenvalue weighted by atomic mass is 9.87. The van der Waals surface area contributed by atoms with Crippen LogP contribution in [0.5, 0.6) is 0 Å². The van der Waals surface area contributed by atoms with Crippen LogP contribution in [0.15, 0.2) is 30.3 Å². The highest BCUT2D eigenvalue weighted by molar-refractivity contribution is 6.07. The minimum atomic E-state index is -1.05. The Morgan fingerprint density at radius 1 is 1.30 bits per heavy atom. The third-order valence-corrected chi connectivity index (χ3v) is 3.55. The lowest BCUT2D eigenvalue weighted by Gasteiger charge is -2.25. The predicted molar refractivity (Wildman–Crippen MR) is 72.5 cm³/mol. The molecular formula is C14H17N3O3. The molecule has 6 heteroatoms. The van der Waals surface area contributed by atoms with Crippen LogP contribution in [0, 0.1) is 0 Å². The standard InChI is InChI=1S/C14H17N3O3/c1-2-14(10-6-4-3-5-7-10)12(19)17(13(20)16-14)9-8-11(15)18/h3-7H,2,8-9H2,1H3,(H2,15,18)(H,16,20). The summed E-state index contributed by atoms with van der Waals surface area (Å²) in [6.07, 6.45) is 0.405. The Labute approximate surface area is 116 Å². The number of amides is 4. The van der Waals surface area contributed by atoms with Gasteiger partial charge in [0.05, 0.1) is 0 Å². The average Bonchev–Trinajstić information content (AvgIpc) is 2.69. The van der Waals surface area contributed by atoms with E-state index in [0.29, 0.717) is 6.42 Å². The average molecular weight is 275 g/mol. The van der Waals surface area contributed by atoms with Gasteiger partial charge in [0.1, 0.15) is 5.54 Å². The molecule has 1 aromatic carbocycles. The fraction of sp³-hybridized carbons (Fsp3) is 0.357. The van der Waals surface area contributed by atoms with Crippen molar-refractivity contribution in [3.63, 3.8) is 0 Å². The Morgan fingerprint density at radius 2 is 1.95 bits per heavy atom. The second-order valence-electron chi connectivity index (χ2n) is 4.73. The fourth-order valence-corrected chi connectivity index (χ4v) is 2.41. The molecule has 1 unspecified atom stereocenters. The van der Waals surface area contributed by atoms with Gasteiger partial charge in [0.2, 0.25) is 5.91 Å².